The van der Waals surface area contributed by atoms with Gasteiger partial charge in [-0.15, -0.1) is 0 Å². The lowest BCUT2D eigenvalue weighted by atomic mass is 10.1. The molecule has 0 spiro atoms. The maximum Gasteiger partial charge on any atom is 0.370 e. The molecule has 18 heavy (non-hydrogen) atoms. The SMILES string of the molecule is C=C(C)C(=O)C(C(=O)O)(N(C)C(=N)N)P(=O)(O)O. The van der Waals surface area contributed by atoms with Gasteiger partial charge in [0.1, 0.15) is 0 Å². The van der Waals surface area contributed by atoms with Crippen LogP contribution in [0.2, 0.25) is 0 Å². The fraction of sp³-hybridized carbons (Fsp3) is 0.375. The monoisotopic (exact) mass is 279 g/mol. The number of carboxylic acid groups (broad SMARTS) is 1. The molecular weight excluding hydrogens is 265 g/mol. The van der Waals surface area contributed by atoms with Crippen molar-refractivity contribution < 1.29 is 29.0 Å². The summed E-state index contributed by atoms with van der Waals surface area (Å²) in [5.41, 5.74) is 4.63. The Bertz CT molecular complexity index is 469. The molecule has 0 radical (unpaired) electrons. The number of Topliss-reactive ketones (excluding diaryl/α,β-unsaturated/α-hetero) is 1. The number of carbonyl (C=O) groups is 2. The lowest BCUT2D eigenvalue weighted by Gasteiger charge is -2.36. The molecule has 0 aromatic carbocycles. The average molecular weight is 279 g/mol. The predicted octanol–water partition coefficient (Wildman–Crippen LogP) is -1.08. The molecule has 0 aromatic heterocycles. The number of hydrogen-bond acceptors (Lipinski definition) is 4. The van der Waals surface area contributed by atoms with Crippen LogP contribution in [-0.4, -0.2) is 49.8 Å². The lowest BCUT2D eigenvalue weighted by Crippen LogP contribution is -2.61. The highest BCUT2D eigenvalue weighted by Crippen LogP contribution is 2.53. The van der Waals surface area contributed by atoms with Crippen molar-refractivity contribution in [2.24, 2.45) is 5.73 Å². The van der Waals surface area contributed by atoms with E-state index in [0.717, 1.165) is 14.0 Å². The summed E-state index contributed by atoms with van der Waals surface area (Å²) in [6.45, 7) is 4.27. The minimum atomic E-state index is -5.49. The molecule has 1 atom stereocenters. The lowest BCUT2D eigenvalue weighted by molar-refractivity contribution is -0.148. The van der Waals surface area contributed by atoms with Gasteiger partial charge in [0, 0.05) is 7.05 Å². The van der Waals surface area contributed by atoms with Crippen molar-refractivity contribution >= 4 is 25.3 Å². The van der Waals surface area contributed by atoms with Crippen molar-refractivity contribution in [3.63, 3.8) is 0 Å². The quantitative estimate of drug-likeness (QED) is 0.139. The maximum absolute atomic E-state index is 11.8. The molecule has 6 N–H and O–H groups in total. The Morgan fingerprint density at radius 3 is 2.00 bits per heavy atom. The molecular formula is C8H14N3O6P. The van der Waals surface area contributed by atoms with Gasteiger partial charge in [-0.25, -0.2) is 4.79 Å². The van der Waals surface area contributed by atoms with E-state index in [-0.39, 0.29) is 10.5 Å². The fourth-order valence-corrected chi connectivity index (χ4v) is 2.52. The molecule has 0 aliphatic carbocycles. The molecule has 0 fully saturated rings. The van der Waals surface area contributed by atoms with Crippen molar-refractivity contribution in [2.45, 2.75) is 12.2 Å². The Morgan fingerprint density at radius 1 is 1.44 bits per heavy atom. The summed E-state index contributed by atoms with van der Waals surface area (Å²) >= 11 is 0. The van der Waals surface area contributed by atoms with Gasteiger partial charge >= 0.3 is 18.8 Å². The smallest absolute Gasteiger partial charge is 0.370 e. The number of carboxylic acids is 1. The van der Waals surface area contributed by atoms with Crippen molar-refractivity contribution in [1.82, 2.24) is 4.90 Å². The van der Waals surface area contributed by atoms with Gasteiger partial charge in [0.15, 0.2) is 5.96 Å². The van der Waals surface area contributed by atoms with Gasteiger partial charge < -0.3 is 25.5 Å². The summed E-state index contributed by atoms with van der Waals surface area (Å²) in [6, 6.07) is 0. The third-order valence-corrected chi connectivity index (χ3v) is 3.81. The Balaban J connectivity index is 6.36. The highest BCUT2D eigenvalue weighted by atomic mass is 31.2. The molecule has 1 unspecified atom stereocenters. The average Bonchev–Trinajstić information content (AvgIpc) is 2.14. The molecule has 0 heterocycles. The Labute approximate surface area is 103 Å². The standard InChI is InChI=1S/C8H14N3O6P/c1-4(2)5(12)8(6(13)14,18(15,16)17)11(3)7(9)10/h1H2,2-3H3,(H3,9,10)(H,13,14)(H2,15,16,17). The van der Waals surface area contributed by atoms with Gasteiger partial charge in [-0.05, 0) is 12.5 Å². The van der Waals surface area contributed by atoms with E-state index in [2.05, 4.69) is 6.58 Å². The van der Waals surface area contributed by atoms with Gasteiger partial charge in [-0.1, -0.05) is 6.58 Å². The summed E-state index contributed by atoms with van der Waals surface area (Å²) in [6.07, 6.45) is 0. The number of nitrogens with one attached hydrogen (secondary N) is 1. The fourth-order valence-electron chi connectivity index (χ4n) is 1.32. The molecule has 0 aromatic rings. The van der Waals surface area contributed by atoms with Gasteiger partial charge in [0.05, 0.1) is 0 Å². The zero-order valence-electron chi connectivity index (χ0n) is 9.75. The summed E-state index contributed by atoms with van der Waals surface area (Å²) < 4.78 is 11.4. The molecule has 0 bridgehead atoms. The van der Waals surface area contributed by atoms with E-state index in [0.29, 0.717) is 0 Å². The summed E-state index contributed by atoms with van der Waals surface area (Å²) in [4.78, 5) is 41.7. The first-order chi connectivity index (χ1) is 7.90. The minimum absolute atomic E-state index is 0.215. The molecule has 102 valence electrons. The van der Waals surface area contributed by atoms with E-state index in [1.165, 1.54) is 0 Å². The van der Waals surface area contributed by atoms with Crippen LogP contribution >= 0.6 is 7.60 Å². The van der Waals surface area contributed by atoms with Crippen LogP contribution in [0.15, 0.2) is 12.2 Å². The van der Waals surface area contributed by atoms with E-state index in [9.17, 15) is 23.9 Å². The maximum atomic E-state index is 11.8. The van der Waals surface area contributed by atoms with Gasteiger partial charge in [-0.2, -0.15) is 0 Å². The Morgan fingerprint density at radius 2 is 1.83 bits per heavy atom. The third kappa shape index (κ3) is 2.28. The van der Waals surface area contributed by atoms with E-state index in [4.69, 9.17) is 16.2 Å². The number of ketones is 1. The second-order valence-corrected chi connectivity index (χ2v) is 5.31. The highest BCUT2D eigenvalue weighted by Gasteiger charge is 2.64. The molecule has 0 aliphatic rings. The number of hydrogen-bond donors (Lipinski definition) is 5. The van der Waals surface area contributed by atoms with Gasteiger partial charge in [0.25, 0.3) is 0 Å². The summed E-state index contributed by atoms with van der Waals surface area (Å²) in [7, 11) is -4.66. The molecule has 0 aliphatic heterocycles. The van der Waals surface area contributed by atoms with Crippen LogP contribution in [0, 0.1) is 5.41 Å². The largest absolute Gasteiger partial charge is 0.479 e. The Kier molecular flexibility index (Phi) is 4.43. The number of carbonyl (C=O) groups excluding carboxylic acids is 1. The van der Waals surface area contributed by atoms with Crippen molar-refractivity contribution in [2.75, 3.05) is 7.05 Å². The number of likely N-dealkylation sites (N-methyl/N-ethyl adjacent to an activating group) is 1. The Hall–Kier alpha value is -1.70. The topological polar surface area (TPSA) is 165 Å². The third-order valence-electron chi connectivity index (χ3n) is 2.27. The highest BCUT2D eigenvalue weighted by molar-refractivity contribution is 7.56. The van der Waals surface area contributed by atoms with Crippen LogP contribution in [0.4, 0.5) is 0 Å². The van der Waals surface area contributed by atoms with Crippen LogP contribution in [0.1, 0.15) is 6.92 Å². The molecule has 0 rings (SSSR count). The molecule has 0 amide bonds. The van der Waals surface area contributed by atoms with Crippen LogP contribution in [0.3, 0.4) is 0 Å². The van der Waals surface area contributed by atoms with Crippen LogP contribution in [0.5, 0.6) is 0 Å². The van der Waals surface area contributed by atoms with Crippen LogP contribution in [0.25, 0.3) is 0 Å². The van der Waals surface area contributed by atoms with Crippen molar-refractivity contribution in [3.8, 4) is 0 Å². The van der Waals surface area contributed by atoms with Gasteiger partial charge in [-0.3, -0.25) is 14.8 Å². The second-order valence-electron chi connectivity index (χ2n) is 3.58. The van der Waals surface area contributed by atoms with Crippen molar-refractivity contribution in [3.05, 3.63) is 12.2 Å². The zero-order chi connectivity index (χ0) is 14.9. The molecule has 0 saturated carbocycles. The summed E-state index contributed by atoms with van der Waals surface area (Å²) in [5.74, 6) is -4.50. The molecule has 0 saturated heterocycles. The van der Waals surface area contributed by atoms with E-state index < -0.39 is 30.6 Å². The minimum Gasteiger partial charge on any atom is -0.479 e. The van der Waals surface area contributed by atoms with Crippen LogP contribution in [-0.2, 0) is 14.2 Å². The second kappa shape index (κ2) is 4.89. The van der Waals surface area contributed by atoms with E-state index in [1.807, 2.05) is 0 Å². The number of rotatable bonds is 5. The molecule has 9 nitrogen and oxygen atoms in total. The first kappa shape index (κ1) is 16.3. The number of aliphatic carboxylic acids is 1. The summed E-state index contributed by atoms with van der Waals surface area (Å²) in [5, 5.41) is 12.9. The number of nitrogens with zero attached hydrogens (tertiary/aromatic N) is 1. The normalized spacial score (nSPS) is 14.4. The first-order valence-electron chi connectivity index (χ1n) is 4.47. The van der Waals surface area contributed by atoms with Gasteiger partial charge in [0.2, 0.25) is 5.78 Å². The number of nitrogens with two attached hydrogens (primary N) is 1. The zero-order valence-corrected chi connectivity index (χ0v) is 10.6. The van der Waals surface area contributed by atoms with E-state index in [1.54, 1.807) is 0 Å². The predicted molar refractivity (Wildman–Crippen MR) is 61.9 cm³/mol. The number of guanidine groups is 1. The van der Waals surface area contributed by atoms with Crippen molar-refractivity contribution in [1.29, 1.82) is 5.41 Å². The first-order valence-corrected chi connectivity index (χ1v) is 6.09. The van der Waals surface area contributed by atoms with E-state index >= 15 is 0 Å². The molecule has 10 heteroatoms. The van der Waals surface area contributed by atoms with Crippen LogP contribution < -0.4 is 5.73 Å².